The highest BCUT2D eigenvalue weighted by Gasteiger charge is 2.26. The average Bonchev–Trinajstić information content (AvgIpc) is 3.29. The molecule has 0 radical (unpaired) electrons. The summed E-state index contributed by atoms with van der Waals surface area (Å²) in [6.45, 7) is 8.27. The van der Waals surface area contributed by atoms with Crippen LogP contribution >= 0.6 is 12.4 Å². The maximum atomic E-state index is 3.77. The Hall–Kier alpha value is -0.570. The van der Waals surface area contributed by atoms with Gasteiger partial charge in [-0.25, -0.2) is 0 Å². The topological polar surface area (TPSA) is 15.3 Å². The minimum atomic E-state index is 0. The van der Waals surface area contributed by atoms with Gasteiger partial charge in [-0.1, -0.05) is 29.8 Å². The largest absolute Gasteiger partial charge is 0.314 e. The van der Waals surface area contributed by atoms with Gasteiger partial charge in [-0.15, -0.1) is 12.4 Å². The van der Waals surface area contributed by atoms with Crippen LogP contribution in [0.2, 0.25) is 0 Å². The van der Waals surface area contributed by atoms with E-state index < -0.39 is 0 Å². The number of halogens is 1. The van der Waals surface area contributed by atoms with Gasteiger partial charge in [-0.2, -0.15) is 0 Å². The van der Waals surface area contributed by atoms with E-state index >= 15 is 0 Å². The summed E-state index contributed by atoms with van der Waals surface area (Å²) in [6, 6.07) is 10.3. The third kappa shape index (κ3) is 4.70. The van der Waals surface area contributed by atoms with Crippen LogP contribution in [0.15, 0.2) is 24.3 Å². The van der Waals surface area contributed by atoms with Gasteiger partial charge >= 0.3 is 0 Å². The van der Waals surface area contributed by atoms with Crippen LogP contribution in [0.25, 0.3) is 0 Å². The molecule has 1 aromatic carbocycles. The summed E-state index contributed by atoms with van der Waals surface area (Å²) in [4.78, 5) is 2.64. The van der Waals surface area contributed by atoms with Gasteiger partial charge in [0.15, 0.2) is 0 Å². The van der Waals surface area contributed by atoms with Crippen LogP contribution in [0.5, 0.6) is 0 Å². The van der Waals surface area contributed by atoms with Gasteiger partial charge in [0.05, 0.1) is 0 Å². The van der Waals surface area contributed by atoms with Crippen LogP contribution in [-0.2, 0) is 0 Å². The summed E-state index contributed by atoms with van der Waals surface area (Å²) < 4.78 is 0. The Morgan fingerprint density at radius 3 is 2.52 bits per heavy atom. The fourth-order valence-corrected chi connectivity index (χ4v) is 3.29. The first-order valence-corrected chi connectivity index (χ1v) is 8.26. The van der Waals surface area contributed by atoms with E-state index in [0.29, 0.717) is 6.04 Å². The zero-order chi connectivity index (χ0) is 13.9. The van der Waals surface area contributed by atoms with Crippen LogP contribution in [-0.4, -0.2) is 30.6 Å². The molecule has 0 bridgehead atoms. The molecule has 1 saturated heterocycles. The van der Waals surface area contributed by atoms with E-state index in [2.05, 4.69) is 48.3 Å². The van der Waals surface area contributed by atoms with Gasteiger partial charge in [-0.05, 0) is 57.6 Å². The minimum Gasteiger partial charge on any atom is -0.314 e. The fraction of sp³-hybridized carbons (Fsp3) is 0.667. The molecule has 1 aliphatic heterocycles. The van der Waals surface area contributed by atoms with Crippen molar-refractivity contribution in [3.63, 3.8) is 0 Å². The van der Waals surface area contributed by atoms with Crippen LogP contribution in [0, 0.1) is 12.8 Å². The molecule has 2 aliphatic rings. The molecule has 2 nitrogen and oxygen atoms in total. The lowest BCUT2D eigenvalue weighted by atomic mass is 9.99. The Kier molecular flexibility index (Phi) is 6.09. The summed E-state index contributed by atoms with van der Waals surface area (Å²) in [5, 5.41) is 3.77. The molecule has 0 aromatic heterocycles. The highest BCUT2D eigenvalue weighted by Crippen LogP contribution is 2.29. The SMILES string of the molecule is Cc1cccc(C(C)N2CCC(NCC3CC3)CC2)c1.Cl. The van der Waals surface area contributed by atoms with Gasteiger partial charge in [0.2, 0.25) is 0 Å². The summed E-state index contributed by atoms with van der Waals surface area (Å²) in [5.74, 6) is 0.999. The highest BCUT2D eigenvalue weighted by molar-refractivity contribution is 5.85. The third-order valence-corrected chi connectivity index (χ3v) is 4.99. The van der Waals surface area contributed by atoms with Crippen molar-refractivity contribution in [1.29, 1.82) is 0 Å². The molecule has 0 spiro atoms. The van der Waals surface area contributed by atoms with Crippen molar-refractivity contribution in [3.8, 4) is 0 Å². The van der Waals surface area contributed by atoms with Crippen LogP contribution in [0.4, 0.5) is 0 Å². The second-order valence-corrected chi connectivity index (χ2v) is 6.75. The maximum absolute atomic E-state index is 3.77. The number of rotatable bonds is 5. The number of benzene rings is 1. The number of hydrogen-bond donors (Lipinski definition) is 1. The van der Waals surface area contributed by atoms with Gasteiger partial charge in [-0.3, -0.25) is 4.90 Å². The number of nitrogens with one attached hydrogen (secondary N) is 1. The lowest BCUT2D eigenvalue weighted by Crippen LogP contribution is -2.43. The number of aryl methyl sites for hydroxylation is 1. The number of nitrogens with zero attached hydrogens (tertiary/aromatic N) is 1. The molecule has 1 atom stereocenters. The first-order valence-electron chi connectivity index (χ1n) is 8.26. The number of hydrogen-bond acceptors (Lipinski definition) is 2. The Balaban J connectivity index is 0.00000161. The smallest absolute Gasteiger partial charge is 0.0319 e. The van der Waals surface area contributed by atoms with Gasteiger partial charge in [0.1, 0.15) is 0 Å². The summed E-state index contributed by atoms with van der Waals surface area (Å²) in [6.07, 6.45) is 5.53. The monoisotopic (exact) mass is 308 g/mol. The van der Waals surface area contributed by atoms with E-state index in [1.807, 2.05) is 0 Å². The normalized spacial score (nSPS) is 21.8. The van der Waals surface area contributed by atoms with Crippen molar-refractivity contribution in [2.75, 3.05) is 19.6 Å². The second-order valence-electron chi connectivity index (χ2n) is 6.75. The van der Waals surface area contributed by atoms with Crippen molar-refractivity contribution in [2.45, 2.75) is 51.6 Å². The van der Waals surface area contributed by atoms with E-state index in [9.17, 15) is 0 Å². The third-order valence-electron chi connectivity index (χ3n) is 4.99. The van der Waals surface area contributed by atoms with Crippen LogP contribution in [0.1, 0.15) is 49.8 Å². The molecule has 118 valence electrons. The summed E-state index contributed by atoms with van der Waals surface area (Å²) in [7, 11) is 0. The molecule has 21 heavy (non-hydrogen) atoms. The quantitative estimate of drug-likeness (QED) is 0.886. The molecule has 1 saturated carbocycles. The van der Waals surface area contributed by atoms with Crippen molar-refractivity contribution < 1.29 is 0 Å². The van der Waals surface area contributed by atoms with E-state index in [4.69, 9.17) is 0 Å². The molecular formula is C18H29ClN2. The van der Waals surface area contributed by atoms with Crippen LogP contribution in [0.3, 0.4) is 0 Å². The number of piperidine rings is 1. The summed E-state index contributed by atoms with van der Waals surface area (Å²) >= 11 is 0. The van der Waals surface area contributed by atoms with Crippen molar-refractivity contribution in [2.24, 2.45) is 5.92 Å². The summed E-state index contributed by atoms with van der Waals surface area (Å²) in [5.41, 5.74) is 2.84. The van der Waals surface area contributed by atoms with E-state index in [-0.39, 0.29) is 12.4 Å². The first kappa shape index (κ1) is 16.8. The maximum Gasteiger partial charge on any atom is 0.0319 e. The Bertz CT molecular complexity index is 437. The lowest BCUT2D eigenvalue weighted by Gasteiger charge is -2.36. The van der Waals surface area contributed by atoms with E-state index in [1.165, 1.54) is 56.4 Å². The van der Waals surface area contributed by atoms with Gasteiger partial charge in [0, 0.05) is 25.2 Å². The molecule has 1 N–H and O–H groups in total. The minimum absolute atomic E-state index is 0. The highest BCUT2D eigenvalue weighted by atomic mass is 35.5. The van der Waals surface area contributed by atoms with Gasteiger partial charge in [0.25, 0.3) is 0 Å². The van der Waals surface area contributed by atoms with Gasteiger partial charge < -0.3 is 5.32 Å². The zero-order valence-electron chi connectivity index (χ0n) is 13.3. The van der Waals surface area contributed by atoms with E-state index in [0.717, 1.165) is 12.0 Å². The lowest BCUT2D eigenvalue weighted by molar-refractivity contribution is 0.152. The average molecular weight is 309 g/mol. The molecule has 1 heterocycles. The Morgan fingerprint density at radius 1 is 1.19 bits per heavy atom. The molecule has 1 aliphatic carbocycles. The van der Waals surface area contributed by atoms with E-state index in [1.54, 1.807) is 0 Å². The Labute approximate surface area is 135 Å². The predicted molar refractivity (Wildman–Crippen MR) is 92.2 cm³/mol. The fourth-order valence-electron chi connectivity index (χ4n) is 3.29. The molecule has 0 amide bonds. The molecule has 1 aromatic rings. The van der Waals surface area contributed by atoms with Crippen molar-refractivity contribution >= 4 is 12.4 Å². The van der Waals surface area contributed by atoms with Crippen LogP contribution < -0.4 is 5.32 Å². The Morgan fingerprint density at radius 2 is 1.90 bits per heavy atom. The molecule has 3 heteroatoms. The number of likely N-dealkylation sites (tertiary alicyclic amines) is 1. The molecule has 1 unspecified atom stereocenters. The predicted octanol–water partition coefficient (Wildman–Crippen LogP) is 3.94. The molecule has 3 rings (SSSR count). The first-order chi connectivity index (χ1) is 9.72. The van der Waals surface area contributed by atoms with Crippen molar-refractivity contribution in [1.82, 2.24) is 10.2 Å². The standard InChI is InChI=1S/C18H28N2.ClH/c1-14-4-3-5-17(12-14)15(2)20-10-8-18(9-11-20)19-13-16-6-7-16;/h3-5,12,15-16,18-19H,6-11,13H2,1-2H3;1H. The van der Waals surface area contributed by atoms with Crippen molar-refractivity contribution in [3.05, 3.63) is 35.4 Å². The zero-order valence-corrected chi connectivity index (χ0v) is 14.2. The molecular weight excluding hydrogens is 280 g/mol. The molecule has 2 fully saturated rings. The second kappa shape index (κ2) is 7.62.